The average molecular weight is 241 g/mol. The van der Waals surface area contributed by atoms with Crippen LogP contribution in [-0.2, 0) is 0 Å². The Morgan fingerprint density at radius 3 is 1.53 bits per heavy atom. The summed E-state index contributed by atoms with van der Waals surface area (Å²) in [5.74, 6) is 1.80. The predicted octanol–water partition coefficient (Wildman–Crippen LogP) is 3.30. The van der Waals surface area contributed by atoms with Gasteiger partial charge < -0.3 is 0 Å². The number of aryl methyl sites for hydroxylation is 2. The van der Waals surface area contributed by atoms with Crippen molar-refractivity contribution < 1.29 is 7.58 Å². The van der Waals surface area contributed by atoms with Crippen molar-refractivity contribution in [3.05, 3.63) is 59.7 Å². The standard InChI is InChI=1S/2C7H8O.Al/c2*1-6-4-2-3-5-7(6)8;/h2*2-5,8H,1H3;/q;;+3/p-2. The maximum absolute atomic E-state index is 5.66. The molecule has 0 amide bonds. The molecule has 3 heteroatoms. The Bertz CT molecular complexity index is 452. The maximum atomic E-state index is 5.66. The quantitative estimate of drug-likeness (QED) is 0.765. The zero-order valence-electron chi connectivity index (χ0n) is 10.0. The molecule has 0 saturated carbocycles. The molecule has 0 fully saturated rings. The molecule has 0 N–H and O–H groups in total. The van der Waals surface area contributed by atoms with Gasteiger partial charge in [0.1, 0.15) is 0 Å². The number of hydrogen-bond donors (Lipinski definition) is 0. The first-order chi connectivity index (χ1) is 8.27. The molecule has 0 aromatic heterocycles. The van der Waals surface area contributed by atoms with Crippen LogP contribution in [0, 0.1) is 13.8 Å². The number of rotatable bonds is 4. The van der Waals surface area contributed by atoms with Gasteiger partial charge in [-0.05, 0) is 0 Å². The molecule has 0 heterocycles. The second-order valence-corrected chi connectivity index (χ2v) is 4.53. The summed E-state index contributed by atoms with van der Waals surface area (Å²) in [6.45, 7) is 4.06. The van der Waals surface area contributed by atoms with Crippen molar-refractivity contribution in [1.82, 2.24) is 0 Å². The second-order valence-electron chi connectivity index (χ2n) is 3.86. The molecule has 2 aromatic rings. The van der Waals surface area contributed by atoms with Crippen LogP contribution in [0.15, 0.2) is 48.5 Å². The minimum atomic E-state index is -0.524. The van der Waals surface area contributed by atoms with Crippen LogP contribution in [0.1, 0.15) is 11.1 Å². The first-order valence-corrected chi connectivity index (χ1v) is 6.48. The van der Waals surface area contributed by atoms with Crippen LogP contribution < -0.4 is 7.58 Å². The van der Waals surface area contributed by atoms with E-state index in [0.29, 0.717) is 0 Å². The van der Waals surface area contributed by atoms with Crippen molar-refractivity contribution in [2.45, 2.75) is 13.8 Å². The van der Waals surface area contributed by atoms with Crippen LogP contribution in [0.2, 0.25) is 0 Å². The first-order valence-electron chi connectivity index (χ1n) is 5.53. The Morgan fingerprint density at radius 2 is 1.12 bits per heavy atom. The molecule has 0 bridgehead atoms. The van der Waals surface area contributed by atoms with E-state index in [4.69, 9.17) is 7.58 Å². The van der Waals surface area contributed by atoms with E-state index in [0.717, 1.165) is 22.6 Å². The summed E-state index contributed by atoms with van der Waals surface area (Å²) in [6, 6.07) is 15.9. The molecule has 2 nitrogen and oxygen atoms in total. The summed E-state index contributed by atoms with van der Waals surface area (Å²) in [5.41, 5.74) is 2.27. The molecule has 84 valence electrons. The van der Waals surface area contributed by atoms with Crippen LogP contribution in [0.5, 0.6) is 11.5 Å². The molecule has 0 spiro atoms. The minimum absolute atomic E-state index is 0.524. The molecule has 17 heavy (non-hydrogen) atoms. The van der Waals surface area contributed by atoms with E-state index in [1.165, 1.54) is 0 Å². The van der Waals surface area contributed by atoms with Crippen LogP contribution in [0.25, 0.3) is 0 Å². The van der Waals surface area contributed by atoms with Crippen molar-refractivity contribution in [1.29, 1.82) is 0 Å². The topological polar surface area (TPSA) is 18.5 Å². The number of para-hydroxylation sites is 2. The predicted molar refractivity (Wildman–Crippen MR) is 69.4 cm³/mol. The molecule has 0 radical (unpaired) electrons. The van der Waals surface area contributed by atoms with Crippen molar-refractivity contribution in [2.75, 3.05) is 0 Å². The number of hydrogen-bond acceptors (Lipinski definition) is 2. The molecular formula is C14H14AlO2+. The monoisotopic (exact) mass is 241 g/mol. The molecule has 0 atom stereocenters. The fourth-order valence-corrected chi connectivity index (χ4v) is 2.29. The van der Waals surface area contributed by atoms with Crippen LogP contribution >= 0.6 is 0 Å². The summed E-state index contributed by atoms with van der Waals surface area (Å²) in [4.78, 5) is 0. The average Bonchev–Trinajstić information content (AvgIpc) is 2.34. The summed E-state index contributed by atoms with van der Waals surface area (Å²) in [6.07, 6.45) is 0. The van der Waals surface area contributed by atoms with Gasteiger partial charge in [-0.1, -0.05) is 0 Å². The third kappa shape index (κ3) is 3.26. The molecule has 2 aromatic carbocycles. The Hall–Kier alpha value is -1.43. The van der Waals surface area contributed by atoms with Crippen molar-refractivity contribution in [3.63, 3.8) is 0 Å². The third-order valence-electron chi connectivity index (χ3n) is 2.54. The van der Waals surface area contributed by atoms with E-state index < -0.39 is 15.9 Å². The van der Waals surface area contributed by atoms with Gasteiger partial charge in [0, 0.05) is 0 Å². The number of benzene rings is 2. The first kappa shape index (κ1) is 12.0. The van der Waals surface area contributed by atoms with E-state index >= 15 is 0 Å². The Kier molecular flexibility index (Phi) is 4.09. The van der Waals surface area contributed by atoms with Gasteiger partial charge in [-0.25, -0.2) is 0 Å². The van der Waals surface area contributed by atoms with E-state index in [9.17, 15) is 0 Å². The van der Waals surface area contributed by atoms with Gasteiger partial charge in [-0.15, -0.1) is 0 Å². The van der Waals surface area contributed by atoms with Gasteiger partial charge in [0.25, 0.3) is 0 Å². The molecule has 0 aliphatic heterocycles. The molecule has 2 rings (SSSR count). The van der Waals surface area contributed by atoms with Gasteiger partial charge in [0.2, 0.25) is 0 Å². The molecule has 0 aliphatic rings. The van der Waals surface area contributed by atoms with Gasteiger partial charge in [0.15, 0.2) is 0 Å². The Morgan fingerprint density at radius 1 is 0.706 bits per heavy atom. The summed E-state index contributed by atoms with van der Waals surface area (Å²) < 4.78 is 11.3. The van der Waals surface area contributed by atoms with Crippen LogP contribution in [0.3, 0.4) is 0 Å². The van der Waals surface area contributed by atoms with Crippen LogP contribution in [0.4, 0.5) is 0 Å². The summed E-state index contributed by atoms with van der Waals surface area (Å²) in [7, 11) is 0. The molecule has 0 unspecified atom stereocenters. The SMILES string of the molecule is Cc1ccccc1[O][Al+][O]c1ccccc1C. The molecule has 0 aliphatic carbocycles. The Balaban J connectivity index is 1.93. The normalized spacial score (nSPS) is 9.53. The van der Waals surface area contributed by atoms with Crippen LogP contribution in [-0.4, -0.2) is 15.9 Å². The fraction of sp³-hybridized carbons (Fsp3) is 0.143. The molecular weight excluding hydrogens is 227 g/mol. The van der Waals surface area contributed by atoms with Crippen molar-refractivity contribution in [2.24, 2.45) is 0 Å². The van der Waals surface area contributed by atoms with E-state index in [2.05, 4.69) is 0 Å². The van der Waals surface area contributed by atoms with Gasteiger partial charge >= 0.3 is 108 Å². The zero-order chi connectivity index (χ0) is 12.1. The van der Waals surface area contributed by atoms with E-state index in [-0.39, 0.29) is 0 Å². The summed E-state index contributed by atoms with van der Waals surface area (Å²) in [5, 5.41) is 0. The third-order valence-corrected chi connectivity index (χ3v) is 3.24. The second kappa shape index (κ2) is 5.77. The molecule has 0 saturated heterocycles. The zero-order valence-corrected chi connectivity index (χ0v) is 11.2. The van der Waals surface area contributed by atoms with Gasteiger partial charge in [-0.2, -0.15) is 0 Å². The van der Waals surface area contributed by atoms with E-state index in [1.807, 2.05) is 62.4 Å². The summed E-state index contributed by atoms with van der Waals surface area (Å²) >= 11 is -0.524. The van der Waals surface area contributed by atoms with E-state index in [1.54, 1.807) is 0 Å². The van der Waals surface area contributed by atoms with Crippen molar-refractivity contribution >= 4 is 15.9 Å². The van der Waals surface area contributed by atoms with Crippen molar-refractivity contribution in [3.8, 4) is 11.5 Å². The fourth-order valence-electron chi connectivity index (χ4n) is 1.51. The van der Waals surface area contributed by atoms with Gasteiger partial charge in [0.05, 0.1) is 0 Å². The van der Waals surface area contributed by atoms with Gasteiger partial charge in [-0.3, -0.25) is 0 Å². The Labute approximate surface area is 109 Å².